The molecule has 9 heteroatoms. The van der Waals surface area contributed by atoms with E-state index in [-0.39, 0.29) is 43.0 Å². The first-order valence-electron chi connectivity index (χ1n) is 10.1. The molecule has 0 radical (unpaired) electrons. The van der Waals surface area contributed by atoms with E-state index in [2.05, 4.69) is 4.98 Å². The second-order valence-electron chi connectivity index (χ2n) is 7.84. The lowest BCUT2D eigenvalue weighted by molar-refractivity contribution is -0.117. The van der Waals surface area contributed by atoms with Gasteiger partial charge in [-0.2, -0.15) is 0 Å². The van der Waals surface area contributed by atoms with E-state index in [1.54, 1.807) is 0 Å². The van der Waals surface area contributed by atoms with Crippen LogP contribution in [0.1, 0.15) is 19.4 Å². The Hall–Kier alpha value is -3.07. The number of para-hydroxylation sites is 1. The van der Waals surface area contributed by atoms with Gasteiger partial charge in [0.15, 0.2) is 5.69 Å². The number of hydrogen-bond acceptors (Lipinski definition) is 6. The van der Waals surface area contributed by atoms with Gasteiger partial charge >= 0.3 is 5.69 Å². The van der Waals surface area contributed by atoms with Gasteiger partial charge in [-0.05, 0) is 24.0 Å². The number of nitrogens with one attached hydrogen (secondary N) is 1. The number of ether oxygens (including phenoxy) is 1. The minimum atomic E-state index is -0.677. The molecule has 0 unspecified atom stereocenters. The molecule has 1 aliphatic rings. The Labute approximate surface area is 175 Å². The Kier molecular flexibility index (Phi) is 6.61. The molecule has 162 valence electrons. The molecule has 2 heterocycles. The van der Waals surface area contributed by atoms with E-state index >= 15 is 0 Å². The maximum atomic E-state index is 13.3. The van der Waals surface area contributed by atoms with Crippen LogP contribution in [0, 0.1) is 5.92 Å². The number of anilines is 3. The number of nitrogen functional groups attached to an aromatic ring is 1. The van der Waals surface area contributed by atoms with E-state index in [0.29, 0.717) is 6.54 Å². The zero-order valence-electron chi connectivity index (χ0n) is 17.7. The molecule has 0 atom stereocenters. The lowest BCUT2D eigenvalue weighted by Crippen LogP contribution is -2.46. The predicted molar refractivity (Wildman–Crippen MR) is 117 cm³/mol. The lowest BCUT2D eigenvalue weighted by atomic mass is 10.2. The van der Waals surface area contributed by atoms with Crippen LogP contribution in [0.2, 0.25) is 0 Å². The van der Waals surface area contributed by atoms with Crippen molar-refractivity contribution in [2.45, 2.75) is 26.8 Å². The van der Waals surface area contributed by atoms with Gasteiger partial charge in [0.05, 0.1) is 13.2 Å². The molecule has 2 aromatic rings. The fourth-order valence-corrected chi connectivity index (χ4v) is 3.75. The summed E-state index contributed by atoms with van der Waals surface area (Å²) in [7, 11) is 1.52. The zero-order valence-corrected chi connectivity index (χ0v) is 17.7. The maximum Gasteiger partial charge on any atom is 0.330 e. The Balaban J connectivity index is 1.96. The number of fused-ring (bicyclic) bond motifs is 1. The highest BCUT2D eigenvalue weighted by Gasteiger charge is 2.28. The van der Waals surface area contributed by atoms with Crippen molar-refractivity contribution < 1.29 is 9.53 Å². The number of nitrogens with two attached hydrogens (primary N) is 1. The van der Waals surface area contributed by atoms with Gasteiger partial charge in [-0.25, -0.2) is 4.79 Å². The number of hydrogen-bond donors (Lipinski definition) is 2. The topological polar surface area (TPSA) is 114 Å². The number of rotatable bonds is 8. The molecule has 0 bridgehead atoms. The number of aromatic amines is 1. The Morgan fingerprint density at radius 2 is 2.03 bits per heavy atom. The molecule has 0 aliphatic carbocycles. The normalized spacial score (nSPS) is 13.0. The molecule has 0 spiro atoms. The van der Waals surface area contributed by atoms with E-state index in [1.807, 2.05) is 43.0 Å². The molecular weight excluding hydrogens is 386 g/mol. The first-order chi connectivity index (χ1) is 14.3. The summed E-state index contributed by atoms with van der Waals surface area (Å²) in [6.07, 6.45) is 0.865. The maximum absolute atomic E-state index is 13.3. The number of H-pyrrole nitrogens is 1. The molecule has 3 N–H and O–H groups in total. The zero-order chi connectivity index (χ0) is 21.8. The summed E-state index contributed by atoms with van der Waals surface area (Å²) in [6.45, 7) is 5.41. The van der Waals surface area contributed by atoms with Crippen LogP contribution in [0.5, 0.6) is 0 Å². The molecule has 0 saturated carbocycles. The van der Waals surface area contributed by atoms with Crippen molar-refractivity contribution >= 4 is 23.1 Å². The average Bonchev–Trinajstić information content (AvgIpc) is 3.10. The van der Waals surface area contributed by atoms with E-state index in [4.69, 9.17) is 10.5 Å². The monoisotopic (exact) mass is 415 g/mol. The number of benzene rings is 1. The Morgan fingerprint density at radius 3 is 2.73 bits per heavy atom. The van der Waals surface area contributed by atoms with Gasteiger partial charge in [0.1, 0.15) is 5.82 Å². The predicted octanol–water partition coefficient (Wildman–Crippen LogP) is 0.817. The van der Waals surface area contributed by atoms with Gasteiger partial charge < -0.3 is 20.3 Å². The van der Waals surface area contributed by atoms with Crippen LogP contribution in [0.25, 0.3) is 0 Å². The minimum Gasteiger partial charge on any atom is -0.383 e. The highest BCUT2D eigenvalue weighted by atomic mass is 16.5. The van der Waals surface area contributed by atoms with Crippen LogP contribution in [0.3, 0.4) is 0 Å². The summed E-state index contributed by atoms with van der Waals surface area (Å²) >= 11 is 0. The van der Waals surface area contributed by atoms with Crippen molar-refractivity contribution in [2.75, 3.05) is 48.9 Å². The third kappa shape index (κ3) is 4.40. The molecule has 0 saturated heterocycles. The van der Waals surface area contributed by atoms with Crippen LogP contribution < -0.4 is 26.8 Å². The summed E-state index contributed by atoms with van der Waals surface area (Å²) in [5, 5.41) is 0. The fourth-order valence-electron chi connectivity index (χ4n) is 3.75. The lowest BCUT2D eigenvalue weighted by Gasteiger charge is -2.27. The highest BCUT2D eigenvalue weighted by Crippen LogP contribution is 2.27. The number of aromatic nitrogens is 2. The van der Waals surface area contributed by atoms with Gasteiger partial charge in [0.25, 0.3) is 5.56 Å². The first kappa shape index (κ1) is 21.6. The summed E-state index contributed by atoms with van der Waals surface area (Å²) in [5.41, 5.74) is 7.16. The number of nitrogens with zero attached hydrogens (tertiary/aromatic N) is 3. The van der Waals surface area contributed by atoms with Gasteiger partial charge in [0, 0.05) is 32.4 Å². The SMILES string of the molecule is COCCN(C(=O)CN1CCc2ccccc21)c1c(N)n(CC(C)C)c(=O)[nH]c1=O. The third-order valence-corrected chi connectivity index (χ3v) is 5.16. The summed E-state index contributed by atoms with van der Waals surface area (Å²) < 4.78 is 6.44. The number of carbonyl (C=O) groups is 1. The van der Waals surface area contributed by atoms with E-state index in [0.717, 1.165) is 18.7 Å². The van der Waals surface area contributed by atoms with Gasteiger partial charge in [-0.15, -0.1) is 0 Å². The number of carbonyl (C=O) groups excluding carboxylic acids is 1. The van der Waals surface area contributed by atoms with Gasteiger partial charge in [-0.1, -0.05) is 32.0 Å². The first-order valence-corrected chi connectivity index (χ1v) is 10.1. The average molecular weight is 415 g/mol. The fraction of sp³-hybridized carbons (Fsp3) is 0.476. The van der Waals surface area contributed by atoms with E-state index in [1.165, 1.54) is 22.1 Å². The van der Waals surface area contributed by atoms with Crippen LogP contribution in [0.4, 0.5) is 17.2 Å². The van der Waals surface area contributed by atoms with Crippen molar-refractivity contribution in [3.05, 3.63) is 50.7 Å². The van der Waals surface area contributed by atoms with Crippen LogP contribution >= 0.6 is 0 Å². The van der Waals surface area contributed by atoms with Crippen molar-refractivity contribution in [3.63, 3.8) is 0 Å². The van der Waals surface area contributed by atoms with Crippen molar-refractivity contribution in [1.82, 2.24) is 9.55 Å². The molecular formula is C21H29N5O4. The standard InChI is InChI=1S/C21H29N5O4/c1-14(2)12-26-19(22)18(20(28)23-21(26)29)25(10-11-30-3)17(27)13-24-9-8-15-6-4-5-7-16(15)24/h4-7,14H,8-13,22H2,1-3H3,(H,23,28,29). The molecule has 1 aromatic heterocycles. The summed E-state index contributed by atoms with van der Waals surface area (Å²) in [5.74, 6) is -0.160. The molecule has 3 rings (SSSR count). The van der Waals surface area contributed by atoms with Crippen molar-refractivity contribution in [2.24, 2.45) is 5.92 Å². The largest absolute Gasteiger partial charge is 0.383 e. The smallest absolute Gasteiger partial charge is 0.330 e. The van der Waals surface area contributed by atoms with Gasteiger partial charge in [-0.3, -0.25) is 19.1 Å². The molecule has 1 aliphatic heterocycles. The molecule has 1 amide bonds. The summed E-state index contributed by atoms with van der Waals surface area (Å²) in [6, 6.07) is 7.95. The van der Waals surface area contributed by atoms with Crippen LogP contribution in [0.15, 0.2) is 33.9 Å². The van der Waals surface area contributed by atoms with Crippen LogP contribution in [-0.4, -0.2) is 48.8 Å². The molecule has 30 heavy (non-hydrogen) atoms. The van der Waals surface area contributed by atoms with Crippen LogP contribution in [-0.2, 0) is 22.5 Å². The van der Waals surface area contributed by atoms with Crippen molar-refractivity contribution in [3.8, 4) is 0 Å². The molecule has 1 aromatic carbocycles. The summed E-state index contributed by atoms with van der Waals surface area (Å²) in [4.78, 5) is 43.8. The second kappa shape index (κ2) is 9.17. The molecule has 0 fully saturated rings. The minimum absolute atomic E-state index is 0.00946. The van der Waals surface area contributed by atoms with Crippen molar-refractivity contribution in [1.29, 1.82) is 0 Å². The van der Waals surface area contributed by atoms with E-state index < -0.39 is 11.2 Å². The second-order valence-corrected chi connectivity index (χ2v) is 7.84. The Morgan fingerprint density at radius 1 is 1.30 bits per heavy atom. The van der Waals surface area contributed by atoms with Gasteiger partial charge in [0.2, 0.25) is 5.91 Å². The number of amides is 1. The highest BCUT2D eigenvalue weighted by molar-refractivity contribution is 5.98. The molecule has 9 nitrogen and oxygen atoms in total. The Bertz CT molecular complexity index is 1030. The number of methoxy groups -OCH3 is 1. The quantitative estimate of drug-likeness (QED) is 0.660. The van der Waals surface area contributed by atoms with E-state index in [9.17, 15) is 14.4 Å². The third-order valence-electron chi connectivity index (χ3n) is 5.16.